The molecule has 1 fully saturated rings. The third-order valence-corrected chi connectivity index (χ3v) is 3.38. The van der Waals surface area contributed by atoms with E-state index in [1.165, 1.54) is 12.1 Å². The minimum atomic E-state index is -2.89. The Morgan fingerprint density at radius 3 is 2.95 bits per heavy atom. The number of likely N-dealkylation sites (N-methyl/N-ethyl adjacent to an activating group) is 1. The van der Waals surface area contributed by atoms with Crippen LogP contribution in [0.5, 0.6) is 5.75 Å². The van der Waals surface area contributed by atoms with Crippen molar-refractivity contribution in [3.63, 3.8) is 0 Å². The van der Waals surface area contributed by atoms with Crippen LogP contribution in [-0.2, 0) is 0 Å². The van der Waals surface area contributed by atoms with Crippen molar-refractivity contribution in [2.75, 3.05) is 20.1 Å². The molecule has 0 spiro atoms. The van der Waals surface area contributed by atoms with Gasteiger partial charge in [-0.2, -0.15) is 8.78 Å². The number of rotatable bonds is 5. The number of hydrogen-bond donors (Lipinski definition) is 1. The minimum absolute atomic E-state index is 0. The summed E-state index contributed by atoms with van der Waals surface area (Å²) in [4.78, 5) is 14.2. The van der Waals surface area contributed by atoms with Crippen LogP contribution in [0.2, 0.25) is 0 Å². The zero-order chi connectivity index (χ0) is 14.5. The molecule has 0 radical (unpaired) electrons. The van der Waals surface area contributed by atoms with Gasteiger partial charge in [0.2, 0.25) is 0 Å². The van der Waals surface area contributed by atoms with Crippen molar-refractivity contribution in [1.29, 1.82) is 0 Å². The van der Waals surface area contributed by atoms with E-state index in [9.17, 15) is 13.6 Å². The van der Waals surface area contributed by atoms with Crippen LogP contribution in [0, 0.1) is 0 Å². The molecule has 0 aliphatic carbocycles. The minimum Gasteiger partial charge on any atom is -0.435 e. The third kappa shape index (κ3) is 4.54. The van der Waals surface area contributed by atoms with Crippen LogP contribution in [0.25, 0.3) is 0 Å². The first-order valence-electron chi connectivity index (χ1n) is 6.62. The summed E-state index contributed by atoms with van der Waals surface area (Å²) in [7, 11) is 1.85. The number of nitrogens with one attached hydrogen (secondary N) is 1. The maximum absolute atomic E-state index is 12.4. The Hall–Kier alpha value is -1.40. The zero-order valence-electron chi connectivity index (χ0n) is 11.7. The maximum Gasteiger partial charge on any atom is 0.387 e. The summed E-state index contributed by atoms with van der Waals surface area (Å²) in [6.07, 6.45) is 1.92. The van der Waals surface area contributed by atoms with Crippen molar-refractivity contribution in [1.82, 2.24) is 10.2 Å². The summed E-state index contributed by atoms with van der Waals surface area (Å²) in [5.41, 5.74) is 0.381. The van der Waals surface area contributed by atoms with Crippen molar-refractivity contribution >= 4 is 18.3 Å². The molecule has 1 saturated heterocycles. The quantitative estimate of drug-likeness (QED) is 0.906. The number of likely N-dealkylation sites (tertiary alicyclic amines) is 1. The third-order valence-electron chi connectivity index (χ3n) is 3.38. The van der Waals surface area contributed by atoms with E-state index in [0.29, 0.717) is 12.1 Å². The van der Waals surface area contributed by atoms with Gasteiger partial charge in [-0.15, -0.1) is 12.4 Å². The Labute approximate surface area is 128 Å². The van der Waals surface area contributed by atoms with Gasteiger partial charge in [-0.1, -0.05) is 6.07 Å². The van der Waals surface area contributed by atoms with E-state index < -0.39 is 6.61 Å². The van der Waals surface area contributed by atoms with E-state index in [2.05, 4.69) is 10.1 Å². The molecule has 0 bridgehead atoms. The second-order valence-electron chi connectivity index (χ2n) is 4.76. The lowest BCUT2D eigenvalue weighted by atomic mass is 10.1. The van der Waals surface area contributed by atoms with Crippen LogP contribution in [0.4, 0.5) is 8.78 Å². The number of ether oxygens (including phenoxy) is 1. The second kappa shape index (κ2) is 8.14. The summed E-state index contributed by atoms with van der Waals surface area (Å²) in [6, 6.07) is 6.11. The Morgan fingerprint density at radius 1 is 1.52 bits per heavy atom. The van der Waals surface area contributed by atoms with Gasteiger partial charge in [-0.05, 0) is 38.1 Å². The average molecular weight is 321 g/mol. The summed E-state index contributed by atoms with van der Waals surface area (Å²) in [5.74, 6) is -0.127. The van der Waals surface area contributed by atoms with E-state index >= 15 is 0 Å². The highest BCUT2D eigenvalue weighted by molar-refractivity contribution is 5.95. The molecule has 1 aromatic carbocycles. The predicted octanol–water partition coefficient (Wildman–Crippen LogP) is 2.53. The number of carbonyl (C=O) groups excluding carboxylic acids is 1. The first-order chi connectivity index (χ1) is 9.61. The molecule has 7 heteroatoms. The lowest BCUT2D eigenvalue weighted by molar-refractivity contribution is -0.0499. The van der Waals surface area contributed by atoms with E-state index in [-0.39, 0.29) is 30.1 Å². The van der Waals surface area contributed by atoms with Gasteiger partial charge in [-0.25, -0.2) is 0 Å². The summed E-state index contributed by atoms with van der Waals surface area (Å²) >= 11 is 0. The monoisotopic (exact) mass is 320 g/mol. The molecule has 0 aromatic heterocycles. The molecule has 2 rings (SSSR count). The molecule has 0 saturated carbocycles. The lowest BCUT2D eigenvalue weighted by Crippen LogP contribution is -2.40. The van der Waals surface area contributed by atoms with Gasteiger partial charge < -0.3 is 15.0 Å². The van der Waals surface area contributed by atoms with E-state index in [1.54, 1.807) is 17.0 Å². The van der Waals surface area contributed by atoms with E-state index in [4.69, 9.17) is 0 Å². The molecule has 21 heavy (non-hydrogen) atoms. The van der Waals surface area contributed by atoms with Gasteiger partial charge in [0.1, 0.15) is 5.75 Å². The molecular weight excluding hydrogens is 302 g/mol. The Bertz CT molecular complexity index is 474. The fourth-order valence-corrected chi connectivity index (χ4v) is 2.52. The first-order valence-corrected chi connectivity index (χ1v) is 6.62. The Kier molecular flexibility index (Phi) is 6.84. The highest BCUT2D eigenvalue weighted by atomic mass is 35.5. The molecule has 1 aliphatic rings. The molecule has 1 unspecified atom stereocenters. The number of hydrogen-bond acceptors (Lipinski definition) is 3. The number of amides is 1. The molecule has 1 amide bonds. The molecule has 4 nitrogen and oxygen atoms in total. The number of carbonyl (C=O) groups is 1. The van der Waals surface area contributed by atoms with Gasteiger partial charge >= 0.3 is 6.61 Å². The van der Waals surface area contributed by atoms with Gasteiger partial charge in [0.05, 0.1) is 0 Å². The second-order valence-corrected chi connectivity index (χ2v) is 4.76. The van der Waals surface area contributed by atoms with Crippen LogP contribution in [0.15, 0.2) is 24.3 Å². The fraction of sp³-hybridized carbons (Fsp3) is 0.500. The molecule has 1 aliphatic heterocycles. The average Bonchev–Trinajstić information content (AvgIpc) is 2.86. The van der Waals surface area contributed by atoms with Crippen LogP contribution in [0.1, 0.15) is 23.2 Å². The highest BCUT2D eigenvalue weighted by Crippen LogP contribution is 2.22. The number of nitrogens with zero attached hydrogens (tertiary/aromatic N) is 1. The molecule has 1 aromatic rings. The Balaban J connectivity index is 0.00000220. The predicted molar refractivity (Wildman–Crippen MR) is 78.3 cm³/mol. The molecule has 118 valence electrons. The summed E-state index contributed by atoms with van der Waals surface area (Å²) in [5, 5.41) is 3.07. The molecule has 1 N–H and O–H groups in total. The largest absolute Gasteiger partial charge is 0.435 e. The lowest BCUT2D eigenvalue weighted by Gasteiger charge is -2.24. The number of halogens is 3. The number of alkyl halides is 2. The van der Waals surface area contributed by atoms with Crippen LogP contribution in [0.3, 0.4) is 0 Å². The fourth-order valence-electron chi connectivity index (χ4n) is 2.52. The molecule has 1 heterocycles. The van der Waals surface area contributed by atoms with Gasteiger partial charge in [0.25, 0.3) is 5.91 Å². The number of benzene rings is 1. The van der Waals surface area contributed by atoms with Gasteiger partial charge in [0, 0.05) is 24.7 Å². The van der Waals surface area contributed by atoms with Crippen molar-refractivity contribution in [2.45, 2.75) is 25.5 Å². The highest BCUT2D eigenvalue weighted by Gasteiger charge is 2.28. The first kappa shape index (κ1) is 17.7. The van der Waals surface area contributed by atoms with Crippen molar-refractivity contribution in [3.05, 3.63) is 29.8 Å². The molecular formula is C14H19ClF2N2O2. The van der Waals surface area contributed by atoms with Crippen LogP contribution < -0.4 is 10.1 Å². The Morgan fingerprint density at radius 2 is 2.29 bits per heavy atom. The SMILES string of the molecule is CNCC1CCCN1C(=O)c1cccc(OC(F)F)c1.Cl. The van der Waals surface area contributed by atoms with Crippen LogP contribution >= 0.6 is 12.4 Å². The van der Waals surface area contributed by atoms with Crippen molar-refractivity contribution in [2.24, 2.45) is 0 Å². The van der Waals surface area contributed by atoms with Crippen molar-refractivity contribution < 1.29 is 18.3 Å². The van der Waals surface area contributed by atoms with Crippen molar-refractivity contribution in [3.8, 4) is 5.75 Å². The standard InChI is InChI=1S/C14H18F2N2O2.ClH/c1-17-9-11-5-3-7-18(11)13(19)10-4-2-6-12(8-10)20-14(15)16;/h2,4,6,8,11,14,17H,3,5,7,9H2,1H3;1H. The summed E-state index contributed by atoms with van der Waals surface area (Å²) in [6.45, 7) is -1.45. The van der Waals surface area contributed by atoms with Gasteiger partial charge in [0.15, 0.2) is 0 Å². The summed E-state index contributed by atoms with van der Waals surface area (Å²) < 4.78 is 28.7. The smallest absolute Gasteiger partial charge is 0.387 e. The maximum atomic E-state index is 12.4. The van der Waals surface area contributed by atoms with E-state index in [0.717, 1.165) is 19.4 Å². The normalized spacial score (nSPS) is 17.7. The molecule has 1 atom stereocenters. The van der Waals surface area contributed by atoms with Gasteiger partial charge in [-0.3, -0.25) is 4.79 Å². The van der Waals surface area contributed by atoms with E-state index in [1.807, 2.05) is 7.05 Å². The van der Waals surface area contributed by atoms with Crippen LogP contribution in [-0.4, -0.2) is 43.6 Å². The topological polar surface area (TPSA) is 41.6 Å². The zero-order valence-corrected chi connectivity index (χ0v) is 12.5.